The van der Waals surface area contributed by atoms with E-state index in [4.69, 9.17) is 23.2 Å². The van der Waals surface area contributed by atoms with Crippen molar-refractivity contribution >= 4 is 34.4 Å². The zero-order valence-corrected chi connectivity index (χ0v) is 9.22. The molecule has 0 unspecified atom stereocenters. The second-order valence-corrected chi connectivity index (χ2v) is 3.50. The highest BCUT2D eigenvalue weighted by Crippen LogP contribution is 2.15. The van der Waals surface area contributed by atoms with Gasteiger partial charge in [0.25, 0.3) is 0 Å². The Morgan fingerprint density at radius 3 is 2.53 bits per heavy atom. The number of ether oxygens (including phenoxy) is 1. The molecule has 0 aliphatic heterocycles. The second-order valence-electron chi connectivity index (χ2n) is 2.75. The molecular weight excluding hydrogens is 239 g/mol. The van der Waals surface area contributed by atoms with Gasteiger partial charge in [0.2, 0.25) is 0 Å². The molecule has 1 rings (SSSR count). The topological polar surface area (TPSA) is 43.4 Å². The third-order valence-corrected chi connectivity index (χ3v) is 2.25. The summed E-state index contributed by atoms with van der Waals surface area (Å²) in [6.45, 7) is 0.0844. The predicted molar refractivity (Wildman–Crippen MR) is 57.0 cm³/mol. The Morgan fingerprint density at radius 1 is 1.27 bits per heavy atom. The van der Waals surface area contributed by atoms with E-state index in [1.807, 2.05) is 12.1 Å². The Labute approximate surface area is 96.9 Å². The Kier molecular flexibility index (Phi) is 4.59. The van der Waals surface area contributed by atoms with Crippen LogP contribution in [-0.2, 0) is 20.7 Å². The van der Waals surface area contributed by atoms with Crippen molar-refractivity contribution < 1.29 is 14.3 Å². The summed E-state index contributed by atoms with van der Waals surface area (Å²) in [7, 11) is 0. The van der Waals surface area contributed by atoms with E-state index in [1.165, 1.54) is 0 Å². The van der Waals surface area contributed by atoms with Gasteiger partial charge in [0.05, 0.1) is 6.61 Å². The minimum absolute atomic E-state index is 0.0844. The van der Waals surface area contributed by atoms with Crippen LogP contribution in [0.2, 0.25) is 5.02 Å². The third-order valence-electron chi connectivity index (χ3n) is 1.72. The molecule has 0 atom stereocenters. The Morgan fingerprint density at radius 2 is 1.93 bits per heavy atom. The van der Waals surface area contributed by atoms with Crippen LogP contribution in [0.3, 0.4) is 0 Å². The van der Waals surface area contributed by atoms with Gasteiger partial charge in [0.15, 0.2) is 0 Å². The molecule has 80 valence electrons. The molecule has 0 aromatic heterocycles. The van der Waals surface area contributed by atoms with Crippen LogP contribution in [0.1, 0.15) is 5.56 Å². The number of rotatable bonds is 4. The molecule has 0 saturated carbocycles. The first-order valence-corrected chi connectivity index (χ1v) is 4.97. The molecule has 0 saturated heterocycles. The summed E-state index contributed by atoms with van der Waals surface area (Å²) in [5.41, 5.74) is 0.856. The number of carbonyl (C=O) groups is 2. The fraction of sp³-hybridized carbons (Fsp3) is 0.200. The number of benzene rings is 1. The van der Waals surface area contributed by atoms with Gasteiger partial charge in [-0.2, -0.15) is 0 Å². The van der Waals surface area contributed by atoms with Gasteiger partial charge in [-0.3, -0.25) is 4.79 Å². The van der Waals surface area contributed by atoms with Crippen molar-refractivity contribution in [2.24, 2.45) is 0 Å². The standard InChI is InChI=1S/C10H8Cl2O3/c11-8-4-2-1-3-7(8)5-6-15-10(14)9(12)13/h1-4H,5-6H2. The second kappa shape index (κ2) is 5.73. The first-order chi connectivity index (χ1) is 7.11. The summed E-state index contributed by atoms with van der Waals surface area (Å²) < 4.78 is 4.58. The maximum absolute atomic E-state index is 10.7. The molecular formula is C10H8Cl2O3. The highest BCUT2D eigenvalue weighted by atomic mass is 35.5. The van der Waals surface area contributed by atoms with E-state index in [-0.39, 0.29) is 6.61 Å². The number of halogens is 2. The number of esters is 1. The molecule has 0 fully saturated rings. The highest BCUT2D eigenvalue weighted by molar-refractivity contribution is 6.80. The van der Waals surface area contributed by atoms with Crippen molar-refractivity contribution in [2.45, 2.75) is 6.42 Å². The molecule has 15 heavy (non-hydrogen) atoms. The Bertz CT molecular complexity index is 377. The first kappa shape index (κ1) is 12.0. The summed E-state index contributed by atoms with van der Waals surface area (Å²) in [6, 6.07) is 7.19. The summed E-state index contributed by atoms with van der Waals surface area (Å²) in [6.07, 6.45) is 0.454. The van der Waals surface area contributed by atoms with Crippen LogP contribution >= 0.6 is 23.2 Å². The number of hydrogen-bond acceptors (Lipinski definition) is 3. The molecule has 1 aromatic carbocycles. The maximum atomic E-state index is 10.7. The van der Waals surface area contributed by atoms with E-state index in [9.17, 15) is 9.59 Å². The molecule has 0 radical (unpaired) electrons. The van der Waals surface area contributed by atoms with E-state index in [2.05, 4.69) is 4.74 Å². The first-order valence-electron chi connectivity index (χ1n) is 4.21. The molecule has 0 heterocycles. The maximum Gasteiger partial charge on any atom is 0.391 e. The van der Waals surface area contributed by atoms with Gasteiger partial charge < -0.3 is 4.74 Å². The lowest BCUT2D eigenvalue weighted by molar-refractivity contribution is -0.150. The van der Waals surface area contributed by atoms with E-state index >= 15 is 0 Å². The summed E-state index contributed by atoms with van der Waals surface area (Å²) in [5.74, 6) is -1.04. The van der Waals surface area contributed by atoms with Crippen molar-refractivity contribution in [1.29, 1.82) is 0 Å². The van der Waals surface area contributed by atoms with Crippen molar-refractivity contribution in [1.82, 2.24) is 0 Å². The van der Waals surface area contributed by atoms with Crippen LogP contribution in [0.5, 0.6) is 0 Å². The van der Waals surface area contributed by atoms with E-state index < -0.39 is 11.2 Å². The molecule has 0 spiro atoms. The van der Waals surface area contributed by atoms with Crippen LogP contribution < -0.4 is 0 Å². The zero-order valence-electron chi connectivity index (χ0n) is 7.70. The molecule has 0 aliphatic rings. The van der Waals surface area contributed by atoms with Gasteiger partial charge >= 0.3 is 11.2 Å². The van der Waals surface area contributed by atoms with Crippen LogP contribution in [0, 0.1) is 0 Å². The minimum Gasteiger partial charge on any atom is -0.459 e. The molecule has 0 aliphatic carbocycles. The lowest BCUT2D eigenvalue weighted by Gasteiger charge is -2.03. The van der Waals surface area contributed by atoms with Gasteiger partial charge in [-0.05, 0) is 23.2 Å². The lowest BCUT2D eigenvalue weighted by Crippen LogP contribution is -2.13. The monoisotopic (exact) mass is 246 g/mol. The predicted octanol–water partition coefficient (Wildman–Crippen LogP) is 2.19. The molecule has 1 aromatic rings. The SMILES string of the molecule is O=C(Cl)C(=O)OCCc1ccccc1Cl. The Hall–Kier alpha value is -1.06. The summed E-state index contributed by atoms with van der Waals surface area (Å²) >= 11 is 10.8. The van der Waals surface area contributed by atoms with Crippen molar-refractivity contribution in [3.63, 3.8) is 0 Å². The summed E-state index contributed by atoms with van der Waals surface area (Å²) in [4.78, 5) is 21.0. The smallest absolute Gasteiger partial charge is 0.391 e. The van der Waals surface area contributed by atoms with Gasteiger partial charge in [-0.25, -0.2) is 4.79 Å². The molecule has 3 nitrogen and oxygen atoms in total. The van der Waals surface area contributed by atoms with Gasteiger partial charge in [0.1, 0.15) is 0 Å². The third kappa shape index (κ3) is 3.90. The van der Waals surface area contributed by atoms with E-state index in [1.54, 1.807) is 12.1 Å². The van der Waals surface area contributed by atoms with Crippen LogP contribution in [0.25, 0.3) is 0 Å². The molecule has 5 heteroatoms. The van der Waals surface area contributed by atoms with E-state index in [0.717, 1.165) is 5.56 Å². The summed E-state index contributed by atoms with van der Waals surface area (Å²) in [5, 5.41) is -0.514. The minimum atomic E-state index is -1.12. The van der Waals surface area contributed by atoms with Crippen molar-refractivity contribution in [2.75, 3.05) is 6.61 Å². The van der Waals surface area contributed by atoms with Crippen LogP contribution in [0.15, 0.2) is 24.3 Å². The van der Waals surface area contributed by atoms with Gasteiger partial charge in [-0.1, -0.05) is 29.8 Å². The zero-order chi connectivity index (χ0) is 11.3. The van der Waals surface area contributed by atoms with E-state index in [0.29, 0.717) is 11.4 Å². The van der Waals surface area contributed by atoms with Gasteiger partial charge in [-0.15, -0.1) is 0 Å². The van der Waals surface area contributed by atoms with Crippen molar-refractivity contribution in [3.8, 4) is 0 Å². The molecule has 0 N–H and O–H groups in total. The van der Waals surface area contributed by atoms with Crippen molar-refractivity contribution in [3.05, 3.63) is 34.9 Å². The quantitative estimate of drug-likeness (QED) is 0.465. The lowest BCUT2D eigenvalue weighted by atomic mass is 10.2. The van der Waals surface area contributed by atoms with Crippen LogP contribution in [0.4, 0.5) is 0 Å². The molecule has 0 bridgehead atoms. The Balaban J connectivity index is 2.42. The number of carbonyl (C=O) groups excluding carboxylic acids is 2. The fourth-order valence-electron chi connectivity index (χ4n) is 1.01. The highest BCUT2D eigenvalue weighted by Gasteiger charge is 2.11. The van der Waals surface area contributed by atoms with Crippen LogP contribution in [-0.4, -0.2) is 17.8 Å². The average molecular weight is 247 g/mol. The normalized spacial score (nSPS) is 9.73. The molecule has 0 amide bonds. The van der Waals surface area contributed by atoms with Gasteiger partial charge in [0, 0.05) is 11.4 Å². The number of hydrogen-bond donors (Lipinski definition) is 0. The fourth-order valence-corrected chi connectivity index (χ4v) is 1.30. The average Bonchev–Trinajstić information content (AvgIpc) is 2.20. The largest absolute Gasteiger partial charge is 0.459 e.